The molecule has 0 aliphatic heterocycles. The zero-order valence-corrected chi connectivity index (χ0v) is 9.55. The molecule has 1 aromatic carbocycles. The van der Waals surface area contributed by atoms with Gasteiger partial charge in [-0.1, -0.05) is 35.3 Å². The third-order valence-corrected chi connectivity index (χ3v) is 2.76. The van der Waals surface area contributed by atoms with Gasteiger partial charge in [0.2, 0.25) is 0 Å². The monoisotopic (exact) mass is 248 g/mol. The van der Waals surface area contributed by atoms with Crippen molar-refractivity contribution in [3.8, 4) is 0 Å². The van der Waals surface area contributed by atoms with E-state index in [9.17, 15) is 9.90 Å². The minimum absolute atomic E-state index is 0.142. The molecule has 0 amide bonds. The molecular weight excluding hydrogens is 239 g/mol. The average Bonchev–Trinajstić information content (AvgIpc) is 2.21. The van der Waals surface area contributed by atoms with Gasteiger partial charge in [-0.2, -0.15) is 0 Å². The van der Waals surface area contributed by atoms with Crippen LogP contribution in [0.15, 0.2) is 18.2 Å². The van der Waals surface area contributed by atoms with Gasteiger partial charge in [0.05, 0.1) is 29.7 Å². The first-order valence-corrected chi connectivity index (χ1v) is 5.00. The van der Waals surface area contributed by atoms with E-state index in [-0.39, 0.29) is 11.4 Å². The molecule has 0 saturated carbocycles. The van der Waals surface area contributed by atoms with E-state index in [1.165, 1.54) is 7.11 Å². The van der Waals surface area contributed by atoms with Crippen molar-refractivity contribution < 1.29 is 14.6 Å². The summed E-state index contributed by atoms with van der Waals surface area (Å²) in [6, 6.07) is 4.88. The Bertz CT molecular complexity index is 366. The molecule has 1 N–H and O–H groups in total. The van der Waals surface area contributed by atoms with Crippen LogP contribution in [0.2, 0.25) is 10.0 Å². The molecule has 5 heteroatoms. The van der Waals surface area contributed by atoms with Crippen LogP contribution in [0, 0.1) is 0 Å². The summed E-state index contributed by atoms with van der Waals surface area (Å²) in [5.41, 5.74) is 0.426. The molecule has 82 valence electrons. The molecule has 0 radical (unpaired) electrons. The smallest absolute Gasteiger partial charge is 0.308 e. The van der Waals surface area contributed by atoms with Crippen molar-refractivity contribution in [1.82, 2.24) is 0 Å². The van der Waals surface area contributed by atoms with Crippen LogP contribution in [-0.4, -0.2) is 18.2 Å². The Morgan fingerprint density at radius 1 is 1.53 bits per heavy atom. The van der Waals surface area contributed by atoms with E-state index in [4.69, 9.17) is 23.2 Å². The second-order valence-electron chi connectivity index (χ2n) is 2.94. The highest BCUT2D eigenvalue weighted by Crippen LogP contribution is 2.31. The first-order chi connectivity index (χ1) is 7.06. The van der Waals surface area contributed by atoms with E-state index in [1.54, 1.807) is 18.2 Å². The number of aliphatic hydroxyl groups is 1. The number of rotatable bonds is 3. The van der Waals surface area contributed by atoms with Crippen LogP contribution >= 0.6 is 23.2 Å². The summed E-state index contributed by atoms with van der Waals surface area (Å²) in [5, 5.41) is 10.3. The van der Waals surface area contributed by atoms with E-state index in [1.807, 2.05) is 0 Å². The lowest BCUT2D eigenvalue weighted by Gasteiger charge is -2.11. The van der Waals surface area contributed by atoms with E-state index in [2.05, 4.69) is 4.74 Å². The number of halogens is 2. The maximum Gasteiger partial charge on any atom is 0.308 e. The lowest BCUT2D eigenvalue weighted by molar-refractivity contribution is -0.142. The van der Waals surface area contributed by atoms with Crippen LogP contribution in [0.25, 0.3) is 0 Å². The van der Waals surface area contributed by atoms with Gasteiger partial charge in [-0.25, -0.2) is 0 Å². The Balaban J connectivity index is 2.86. The van der Waals surface area contributed by atoms with Crippen molar-refractivity contribution >= 4 is 29.2 Å². The van der Waals surface area contributed by atoms with Crippen LogP contribution in [0.4, 0.5) is 0 Å². The SMILES string of the molecule is COC(=O)C[C@@H](O)c1cccc(Cl)c1Cl. The number of carbonyl (C=O) groups excluding carboxylic acids is 1. The fraction of sp³-hybridized carbons (Fsp3) is 0.300. The molecule has 0 spiro atoms. The molecule has 1 rings (SSSR count). The molecule has 0 fully saturated rings. The molecule has 0 bridgehead atoms. The summed E-state index contributed by atoms with van der Waals surface area (Å²) in [5.74, 6) is -0.501. The van der Waals surface area contributed by atoms with Crippen molar-refractivity contribution in [3.05, 3.63) is 33.8 Å². The largest absolute Gasteiger partial charge is 0.469 e. The molecule has 0 aliphatic carbocycles. The first kappa shape index (κ1) is 12.3. The van der Waals surface area contributed by atoms with Crippen LogP contribution < -0.4 is 0 Å². The lowest BCUT2D eigenvalue weighted by Crippen LogP contribution is -2.08. The second kappa shape index (κ2) is 5.35. The summed E-state index contributed by atoms with van der Waals surface area (Å²) in [6.45, 7) is 0. The molecule has 1 aromatic rings. The van der Waals surface area contributed by atoms with Gasteiger partial charge in [-0.15, -0.1) is 0 Å². The van der Waals surface area contributed by atoms with Gasteiger partial charge in [0.1, 0.15) is 0 Å². The van der Waals surface area contributed by atoms with Crippen LogP contribution in [0.1, 0.15) is 18.1 Å². The van der Waals surface area contributed by atoms with Crippen molar-refractivity contribution in [3.63, 3.8) is 0 Å². The summed E-state index contributed by atoms with van der Waals surface area (Å²) < 4.78 is 4.44. The number of methoxy groups -OCH3 is 1. The van der Waals surface area contributed by atoms with E-state index < -0.39 is 12.1 Å². The molecule has 1 atom stereocenters. The normalized spacial score (nSPS) is 12.3. The number of ether oxygens (including phenoxy) is 1. The number of hydrogen-bond donors (Lipinski definition) is 1. The van der Waals surface area contributed by atoms with Gasteiger partial charge in [-0.05, 0) is 6.07 Å². The highest BCUT2D eigenvalue weighted by atomic mass is 35.5. The third-order valence-electron chi connectivity index (χ3n) is 1.93. The van der Waals surface area contributed by atoms with Gasteiger partial charge >= 0.3 is 5.97 Å². The zero-order chi connectivity index (χ0) is 11.4. The van der Waals surface area contributed by atoms with Crippen LogP contribution in [-0.2, 0) is 9.53 Å². The van der Waals surface area contributed by atoms with Gasteiger partial charge in [0.15, 0.2) is 0 Å². The molecule has 0 aromatic heterocycles. The molecule has 0 aliphatic rings. The van der Waals surface area contributed by atoms with Gasteiger partial charge in [0.25, 0.3) is 0 Å². The standard InChI is InChI=1S/C10H10Cl2O3/c1-15-9(14)5-8(13)6-3-2-4-7(11)10(6)12/h2-4,8,13H,5H2,1H3/t8-/m1/s1. The Morgan fingerprint density at radius 2 is 2.20 bits per heavy atom. The minimum atomic E-state index is -0.997. The van der Waals surface area contributed by atoms with Crippen molar-refractivity contribution in [2.45, 2.75) is 12.5 Å². The Labute approximate surface area is 97.6 Å². The molecule has 3 nitrogen and oxygen atoms in total. The van der Waals surface area contributed by atoms with Crippen molar-refractivity contribution in [2.75, 3.05) is 7.11 Å². The maximum absolute atomic E-state index is 10.9. The van der Waals surface area contributed by atoms with E-state index in [0.29, 0.717) is 10.6 Å². The fourth-order valence-corrected chi connectivity index (χ4v) is 1.56. The van der Waals surface area contributed by atoms with Crippen LogP contribution in [0.5, 0.6) is 0 Å². The number of benzene rings is 1. The minimum Gasteiger partial charge on any atom is -0.469 e. The predicted molar refractivity (Wildman–Crippen MR) is 58.1 cm³/mol. The maximum atomic E-state index is 10.9. The van der Waals surface area contributed by atoms with Gasteiger partial charge in [-0.3, -0.25) is 4.79 Å². The summed E-state index contributed by atoms with van der Waals surface area (Å²) in [4.78, 5) is 10.9. The van der Waals surface area contributed by atoms with Crippen molar-refractivity contribution in [1.29, 1.82) is 0 Å². The Morgan fingerprint density at radius 3 is 2.80 bits per heavy atom. The Hall–Kier alpha value is -0.770. The summed E-state index contributed by atoms with van der Waals surface area (Å²) >= 11 is 11.6. The van der Waals surface area contributed by atoms with Gasteiger partial charge < -0.3 is 9.84 Å². The fourth-order valence-electron chi connectivity index (χ4n) is 1.13. The highest BCUT2D eigenvalue weighted by molar-refractivity contribution is 6.42. The molecule has 0 heterocycles. The molecule has 0 unspecified atom stereocenters. The lowest BCUT2D eigenvalue weighted by atomic mass is 10.1. The first-order valence-electron chi connectivity index (χ1n) is 4.25. The molecule has 0 saturated heterocycles. The second-order valence-corrected chi connectivity index (χ2v) is 3.72. The number of hydrogen-bond acceptors (Lipinski definition) is 3. The van der Waals surface area contributed by atoms with E-state index >= 15 is 0 Å². The van der Waals surface area contributed by atoms with Crippen LogP contribution in [0.3, 0.4) is 0 Å². The zero-order valence-electron chi connectivity index (χ0n) is 8.04. The van der Waals surface area contributed by atoms with E-state index in [0.717, 1.165) is 0 Å². The topological polar surface area (TPSA) is 46.5 Å². The predicted octanol–water partition coefficient (Wildman–Crippen LogP) is 2.59. The number of esters is 1. The quantitative estimate of drug-likeness (QED) is 0.837. The average molecular weight is 249 g/mol. The number of aliphatic hydroxyl groups excluding tert-OH is 1. The van der Waals surface area contributed by atoms with Crippen molar-refractivity contribution in [2.24, 2.45) is 0 Å². The number of carbonyl (C=O) groups is 1. The Kier molecular flexibility index (Phi) is 4.39. The molecular formula is C10H10Cl2O3. The summed E-state index contributed by atoms with van der Waals surface area (Å²) in [7, 11) is 1.26. The molecule has 15 heavy (non-hydrogen) atoms. The highest BCUT2D eigenvalue weighted by Gasteiger charge is 2.17. The van der Waals surface area contributed by atoms with Gasteiger partial charge in [0, 0.05) is 5.56 Å². The summed E-state index contributed by atoms with van der Waals surface area (Å²) in [6.07, 6.45) is -1.14. The third kappa shape index (κ3) is 3.09.